The highest BCUT2D eigenvalue weighted by Crippen LogP contribution is 2.42. The fourth-order valence-corrected chi connectivity index (χ4v) is 7.70. The lowest BCUT2D eigenvalue weighted by Crippen LogP contribution is -2.57. The molecule has 2 aliphatic rings. The minimum absolute atomic E-state index is 0.0252. The Morgan fingerprint density at radius 3 is 2.28 bits per heavy atom. The summed E-state index contributed by atoms with van der Waals surface area (Å²) in [5.41, 5.74) is 0.201. The van der Waals surface area contributed by atoms with Crippen LogP contribution >= 0.6 is 0 Å². The maximum Gasteiger partial charge on any atom is 0.410 e. The van der Waals surface area contributed by atoms with Gasteiger partial charge in [-0.1, -0.05) is 45.0 Å². The van der Waals surface area contributed by atoms with E-state index < -0.39 is 30.5 Å². The lowest BCUT2D eigenvalue weighted by atomic mass is 10.00. The molecule has 0 saturated carbocycles. The van der Waals surface area contributed by atoms with Crippen LogP contribution in [-0.2, 0) is 15.5 Å². The number of benzene rings is 2. The van der Waals surface area contributed by atoms with Crippen LogP contribution in [0.3, 0.4) is 0 Å². The number of hydrogen-bond acceptors (Lipinski definition) is 8. The van der Waals surface area contributed by atoms with E-state index in [1.165, 1.54) is 6.26 Å². The molecule has 4 aromatic rings. The first-order chi connectivity index (χ1) is 21.9. The van der Waals surface area contributed by atoms with E-state index in [4.69, 9.17) is 14.1 Å². The molecule has 2 saturated heterocycles. The number of anilines is 1. The number of piperazine rings is 1. The quantitative estimate of drug-likeness (QED) is 0.157. The molecule has 2 aliphatic heterocycles. The monoisotopic (exact) mass is 677 g/mol. The number of amides is 1. The topological polar surface area (TPSA) is 97.8 Å². The highest BCUT2D eigenvalue weighted by atomic mass is 32.2. The molecule has 3 unspecified atom stereocenters. The predicted octanol–water partition coefficient (Wildman–Crippen LogP) is 7.69. The summed E-state index contributed by atoms with van der Waals surface area (Å²) in [6, 6.07) is 11.5. The first-order valence-electron chi connectivity index (χ1n) is 16.1. The number of nitrogens with zero attached hydrogens (tertiary/aromatic N) is 5. The molecule has 2 aromatic heterocycles. The maximum absolute atomic E-state index is 16.9. The second kappa shape index (κ2) is 11.8. The minimum Gasteiger partial charge on any atom is -0.543 e. The van der Waals surface area contributed by atoms with Crippen LogP contribution in [-0.4, -0.2) is 75.5 Å². The molecule has 3 atom stereocenters. The Kier molecular flexibility index (Phi) is 8.35. The van der Waals surface area contributed by atoms with Gasteiger partial charge in [-0.3, -0.25) is 14.1 Å². The average Bonchev–Trinajstić information content (AvgIpc) is 3.24. The second-order valence-corrected chi connectivity index (χ2v) is 21.2. The van der Waals surface area contributed by atoms with E-state index in [9.17, 15) is 9.00 Å². The standard InChI is InChI=1S/C35H44FN5O4SSi/c1-34(2,3)44-33(42)41-22-14-15-23(41)20-40(19-22)31-27-18-37-29(28(36)30(27)38-32(39-31)46(7)43)26-17-24(45-47(8,9)35(4,5)6)16-21-12-10-11-13-25(21)26/h10-13,16-18,22-23H,14-15,19-20H2,1-9H3. The van der Waals surface area contributed by atoms with Gasteiger partial charge in [-0.2, -0.15) is 0 Å². The first-order valence-corrected chi connectivity index (χ1v) is 20.6. The molecule has 1 amide bonds. The van der Waals surface area contributed by atoms with Crippen LogP contribution in [0.1, 0.15) is 54.4 Å². The third-order valence-electron chi connectivity index (χ3n) is 9.56. The van der Waals surface area contributed by atoms with Crippen molar-refractivity contribution in [1.82, 2.24) is 19.9 Å². The van der Waals surface area contributed by atoms with Crippen LogP contribution in [0.25, 0.3) is 32.9 Å². The largest absolute Gasteiger partial charge is 0.543 e. The zero-order valence-corrected chi connectivity index (χ0v) is 30.5. The number of rotatable bonds is 5. The van der Waals surface area contributed by atoms with Crippen molar-refractivity contribution in [3.63, 3.8) is 0 Å². The molecular formula is C35H44FN5O4SSi. The summed E-state index contributed by atoms with van der Waals surface area (Å²) in [5, 5.41) is 2.21. The number of pyridine rings is 1. The van der Waals surface area contributed by atoms with Gasteiger partial charge in [0.05, 0.1) is 28.3 Å². The molecule has 0 spiro atoms. The van der Waals surface area contributed by atoms with E-state index in [0.717, 1.165) is 23.6 Å². The smallest absolute Gasteiger partial charge is 0.410 e. The molecule has 2 fully saturated rings. The minimum atomic E-state index is -2.20. The zero-order valence-electron chi connectivity index (χ0n) is 28.7. The van der Waals surface area contributed by atoms with Gasteiger partial charge in [-0.15, -0.1) is 0 Å². The van der Waals surface area contributed by atoms with E-state index in [2.05, 4.69) is 43.8 Å². The number of hydrogen-bond donors (Lipinski definition) is 0. The van der Waals surface area contributed by atoms with Crippen molar-refractivity contribution in [3.05, 3.63) is 48.4 Å². The van der Waals surface area contributed by atoms with Crippen LogP contribution in [0.5, 0.6) is 5.75 Å². The second-order valence-electron chi connectivity index (χ2n) is 15.2. The zero-order chi connectivity index (χ0) is 34.1. The Morgan fingerprint density at radius 1 is 1.00 bits per heavy atom. The Morgan fingerprint density at radius 2 is 1.66 bits per heavy atom. The van der Waals surface area contributed by atoms with E-state index in [1.54, 1.807) is 6.20 Å². The Balaban J connectivity index is 1.44. The van der Waals surface area contributed by atoms with Crippen LogP contribution in [0.4, 0.5) is 15.0 Å². The summed E-state index contributed by atoms with van der Waals surface area (Å²) in [6.07, 6.45) is 4.44. The summed E-state index contributed by atoms with van der Waals surface area (Å²) < 4.78 is 42.0. The van der Waals surface area contributed by atoms with Crippen molar-refractivity contribution < 1.29 is 22.6 Å². The predicted molar refractivity (Wildman–Crippen MR) is 187 cm³/mol. The van der Waals surface area contributed by atoms with Gasteiger partial charge in [-0.05, 0) is 74.7 Å². The van der Waals surface area contributed by atoms with Gasteiger partial charge in [0.25, 0.3) is 0 Å². The van der Waals surface area contributed by atoms with Crippen molar-refractivity contribution in [2.24, 2.45) is 0 Å². The van der Waals surface area contributed by atoms with Crippen molar-refractivity contribution >= 4 is 52.7 Å². The van der Waals surface area contributed by atoms with E-state index in [-0.39, 0.29) is 39.6 Å². The summed E-state index contributed by atoms with van der Waals surface area (Å²) in [6.45, 7) is 17.5. The molecule has 250 valence electrons. The Bertz CT molecular complexity index is 1890. The van der Waals surface area contributed by atoms with Gasteiger partial charge in [0.2, 0.25) is 13.5 Å². The van der Waals surface area contributed by atoms with E-state index in [1.807, 2.05) is 67.0 Å². The van der Waals surface area contributed by atoms with Crippen LogP contribution in [0.2, 0.25) is 18.1 Å². The SMILES string of the molecule is CS(=O)c1nc(N2CC3CCC(C2)N3C(=O)OC(C)(C)C)c2cnc(-c3cc(O[Si](C)(C)C(C)(C)C)cc4ccccc34)c(F)c2n1. The Labute approximate surface area is 279 Å². The highest BCUT2D eigenvalue weighted by Gasteiger charge is 2.45. The number of halogens is 1. The van der Waals surface area contributed by atoms with Crippen LogP contribution < -0.4 is 9.33 Å². The molecule has 2 aromatic carbocycles. The van der Waals surface area contributed by atoms with Crippen molar-refractivity contribution in [3.8, 4) is 17.0 Å². The van der Waals surface area contributed by atoms with Gasteiger partial charge in [0.15, 0.2) is 5.82 Å². The van der Waals surface area contributed by atoms with Gasteiger partial charge >= 0.3 is 6.09 Å². The summed E-state index contributed by atoms with van der Waals surface area (Å²) in [7, 11) is -3.77. The summed E-state index contributed by atoms with van der Waals surface area (Å²) in [4.78, 5) is 30.8. The van der Waals surface area contributed by atoms with E-state index in [0.29, 0.717) is 35.6 Å². The van der Waals surface area contributed by atoms with Gasteiger partial charge < -0.3 is 14.1 Å². The molecule has 0 aliphatic carbocycles. The number of carbonyl (C=O) groups is 1. The summed E-state index contributed by atoms with van der Waals surface area (Å²) >= 11 is 0. The molecule has 0 N–H and O–H groups in total. The van der Waals surface area contributed by atoms with Gasteiger partial charge in [0, 0.05) is 31.1 Å². The lowest BCUT2D eigenvalue weighted by Gasteiger charge is -2.42. The number of aromatic nitrogens is 3. The van der Waals surface area contributed by atoms with E-state index >= 15 is 4.39 Å². The number of ether oxygens (including phenoxy) is 1. The Hall–Kier alpha value is -3.64. The molecule has 0 radical (unpaired) electrons. The lowest BCUT2D eigenvalue weighted by molar-refractivity contribution is 0.0123. The average molecular weight is 678 g/mol. The van der Waals surface area contributed by atoms with Crippen LogP contribution in [0, 0.1) is 5.82 Å². The third kappa shape index (κ3) is 6.33. The van der Waals surface area contributed by atoms with Gasteiger partial charge in [0.1, 0.15) is 28.4 Å². The van der Waals surface area contributed by atoms with Crippen LogP contribution in [0.15, 0.2) is 47.8 Å². The fraction of sp³-hybridized carbons (Fsp3) is 0.486. The summed E-state index contributed by atoms with van der Waals surface area (Å²) in [5.74, 6) is 0.533. The maximum atomic E-state index is 16.9. The molecule has 12 heteroatoms. The highest BCUT2D eigenvalue weighted by molar-refractivity contribution is 7.84. The molecule has 2 bridgehead atoms. The normalized spacial score (nSPS) is 19.4. The molecular weight excluding hydrogens is 634 g/mol. The number of fused-ring (bicyclic) bond motifs is 4. The third-order valence-corrected chi connectivity index (χ3v) is 14.6. The molecule has 6 rings (SSSR count). The fourth-order valence-electron chi connectivity index (χ4n) is 6.25. The number of carbonyl (C=O) groups excluding carboxylic acids is 1. The first kappa shape index (κ1) is 33.3. The van der Waals surface area contributed by atoms with Crippen molar-refractivity contribution in [2.75, 3.05) is 24.2 Å². The molecule has 4 heterocycles. The van der Waals surface area contributed by atoms with Crippen molar-refractivity contribution in [1.29, 1.82) is 0 Å². The van der Waals surface area contributed by atoms with Crippen molar-refractivity contribution in [2.45, 2.75) is 95.4 Å². The molecule has 9 nitrogen and oxygen atoms in total. The molecule has 47 heavy (non-hydrogen) atoms. The van der Waals surface area contributed by atoms with Gasteiger partial charge in [-0.25, -0.2) is 19.2 Å².